The predicted molar refractivity (Wildman–Crippen MR) is 64.7 cm³/mol. The second-order valence-corrected chi connectivity index (χ2v) is 4.11. The highest BCUT2D eigenvalue weighted by Gasteiger charge is 2.07. The van der Waals surface area contributed by atoms with Gasteiger partial charge in [0.25, 0.3) is 5.91 Å². The molecule has 0 saturated carbocycles. The van der Waals surface area contributed by atoms with Crippen molar-refractivity contribution in [2.75, 3.05) is 12.9 Å². The molecule has 0 aliphatic carbocycles. The minimum Gasteiger partial charge on any atom is -0.479 e. The molecule has 0 spiro atoms. The van der Waals surface area contributed by atoms with E-state index in [-0.39, 0.29) is 0 Å². The van der Waals surface area contributed by atoms with Gasteiger partial charge in [0.2, 0.25) is 0 Å². The van der Waals surface area contributed by atoms with Gasteiger partial charge in [-0.25, -0.2) is 10.3 Å². The van der Waals surface area contributed by atoms with Crippen LogP contribution in [0.5, 0.6) is 0 Å². The number of rotatable bonds is 6. The summed E-state index contributed by atoms with van der Waals surface area (Å²) < 4.78 is 0. The summed E-state index contributed by atoms with van der Waals surface area (Å²) in [7, 11) is 0. The molecule has 1 aromatic rings. The van der Waals surface area contributed by atoms with Crippen molar-refractivity contribution in [3.63, 3.8) is 0 Å². The molecule has 0 fully saturated rings. The average Bonchev–Trinajstić information content (AvgIpc) is 2.29. The molecule has 6 heteroatoms. The van der Waals surface area contributed by atoms with Gasteiger partial charge in [-0.3, -0.25) is 9.63 Å². The Morgan fingerprint density at radius 2 is 2.24 bits per heavy atom. The summed E-state index contributed by atoms with van der Waals surface area (Å²) in [6, 6.07) is 7.09. The second kappa shape index (κ2) is 6.93. The molecular weight excluding hydrogens is 242 g/mol. The summed E-state index contributed by atoms with van der Waals surface area (Å²) in [6.07, 6.45) is 1.97. The molecule has 5 nitrogen and oxygen atoms in total. The van der Waals surface area contributed by atoms with Gasteiger partial charge in [-0.2, -0.15) is 11.8 Å². The standard InChI is InChI=1S/C11H13NO4S/c1-17-7-8-3-2-4-9(5-8)11(15)12-16-6-10(13)14/h2-5H,6-7H2,1H3,(H,12,15)(H,13,14). The summed E-state index contributed by atoms with van der Waals surface area (Å²) in [4.78, 5) is 26.2. The van der Waals surface area contributed by atoms with Gasteiger partial charge in [0.05, 0.1) is 0 Å². The molecule has 0 unspecified atom stereocenters. The SMILES string of the molecule is CSCc1cccc(C(=O)NOCC(=O)O)c1. The smallest absolute Gasteiger partial charge is 0.332 e. The van der Waals surface area contributed by atoms with Crippen molar-refractivity contribution in [2.24, 2.45) is 0 Å². The van der Waals surface area contributed by atoms with Crippen molar-refractivity contribution in [3.05, 3.63) is 35.4 Å². The van der Waals surface area contributed by atoms with Gasteiger partial charge in [-0.05, 0) is 24.0 Å². The van der Waals surface area contributed by atoms with Crippen molar-refractivity contribution < 1.29 is 19.5 Å². The van der Waals surface area contributed by atoms with E-state index < -0.39 is 18.5 Å². The van der Waals surface area contributed by atoms with Crippen molar-refractivity contribution in [1.82, 2.24) is 5.48 Å². The third-order valence-corrected chi connectivity index (χ3v) is 2.48. The van der Waals surface area contributed by atoms with E-state index in [4.69, 9.17) is 5.11 Å². The van der Waals surface area contributed by atoms with Crippen molar-refractivity contribution in [3.8, 4) is 0 Å². The van der Waals surface area contributed by atoms with Gasteiger partial charge < -0.3 is 5.11 Å². The molecule has 92 valence electrons. The largest absolute Gasteiger partial charge is 0.479 e. The predicted octanol–water partition coefficient (Wildman–Crippen LogP) is 1.30. The maximum absolute atomic E-state index is 11.5. The Hall–Kier alpha value is -1.53. The van der Waals surface area contributed by atoms with Gasteiger partial charge in [0.1, 0.15) is 0 Å². The van der Waals surface area contributed by atoms with Crippen LogP contribution >= 0.6 is 11.8 Å². The number of hydrogen-bond donors (Lipinski definition) is 2. The summed E-state index contributed by atoms with van der Waals surface area (Å²) in [5.41, 5.74) is 3.55. The summed E-state index contributed by atoms with van der Waals surface area (Å²) in [5.74, 6) is -0.771. The van der Waals surface area contributed by atoms with Gasteiger partial charge in [-0.1, -0.05) is 12.1 Å². The lowest BCUT2D eigenvalue weighted by Gasteiger charge is -2.05. The molecule has 2 N–H and O–H groups in total. The van der Waals surface area contributed by atoms with E-state index in [9.17, 15) is 9.59 Å². The van der Waals surface area contributed by atoms with Crippen LogP contribution in [0.4, 0.5) is 0 Å². The first-order valence-corrected chi connectivity index (χ1v) is 6.24. The minimum atomic E-state index is -1.14. The third kappa shape index (κ3) is 4.88. The zero-order chi connectivity index (χ0) is 12.7. The number of carbonyl (C=O) groups is 2. The average molecular weight is 255 g/mol. The molecule has 0 aliphatic heterocycles. The fraction of sp³-hybridized carbons (Fsp3) is 0.273. The number of carbonyl (C=O) groups excluding carboxylic acids is 1. The van der Waals surface area contributed by atoms with Crippen LogP contribution in [0.1, 0.15) is 15.9 Å². The van der Waals surface area contributed by atoms with Crippen molar-refractivity contribution in [2.45, 2.75) is 5.75 Å². The van der Waals surface area contributed by atoms with Crippen LogP contribution in [0.2, 0.25) is 0 Å². The molecule has 0 aliphatic rings. The van der Waals surface area contributed by atoms with Crippen LogP contribution in [-0.2, 0) is 15.4 Å². The number of benzene rings is 1. The van der Waals surface area contributed by atoms with Crippen LogP contribution < -0.4 is 5.48 Å². The van der Waals surface area contributed by atoms with Crippen LogP contribution in [0.3, 0.4) is 0 Å². The zero-order valence-corrected chi connectivity index (χ0v) is 10.1. The number of hydrogen-bond acceptors (Lipinski definition) is 4. The number of carboxylic acid groups (broad SMARTS) is 1. The van der Waals surface area contributed by atoms with Gasteiger partial charge in [0.15, 0.2) is 6.61 Å². The van der Waals surface area contributed by atoms with Crippen LogP contribution in [-0.4, -0.2) is 29.8 Å². The fourth-order valence-electron chi connectivity index (χ4n) is 1.19. The Bertz CT molecular complexity index is 408. The van der Waals surface area contributed by atoms with E-state index in [0.29, 0.717) is 5.56 Å². The lowest BCUT2D eigenvalue weighted by molar-refractivity contribution is -0.144. The van der Waals surface area contributed by atoms with E-state index in [2.05, 4.69) is 10.3 Å². The maximum Gasteiger partial charge on any atom is 0.332 e. The fourth-order valence-corrected chi connectivity index (χ4v) is 1.70. The molecule has 0 saturated heterocycles. The highest BCUT2D eigenvalue weighted by molar-refractivity contribution is 7.97. The van der Waals surface area contributed by atoms with E-state index in [0.717, 1.165) is 11.3 Å². The Morgan fingerprint density at radius 3 is 2.88 bits per heavy atom. The Labute approximate surface area is 103 Å². The lowest BCUT2D eigenvalue weighted by atomic mass is 10.1. The molecule has 1 amide bonds. The molecule has 1 rings (SSSR count). The molecule has 0 aromatic heterocycles. The topological polar surface area (TPSA) is 75.6 Å². The first-order valence-electron chi connectivity index (χ1n) is 4.85. The minimum absolute atomic E-state index is 0.446. The highest BCUT2D eigenvalue weighted by Crippen LogP contribution is 2.11. The van der Waals surface area contributed by atoms with Gasteiger partial charge in [-0.15, -0.1) is 0 Å². The van der Waals surface area contributed by atoms with Crippen LogP contribution in [0.25, 0.3) is 0 Å². The number of hydroxylamine groups is 1. The van der Waals surface area contributed by atoms with E-state index in [1.165, 1.54) is 0 Å². The zero-order valence-electron chi connectivity index (χ0n) is 9.30. The van der Waals surface area contributed by atoms with Crippen molar-refractivity contribution in [1.29, 1.82) is 0 Å². The number of nitrogens with one attached hydrogen (secondary N) is 1. The van der Waals surface area contributed by atoms with E-state index in [1.54, 1.807) is 30.0 Å². The normalized spacial score (nSPS) is 9.94. The lowest BCUT2D eigenvalue weighted by Crippen LogP contribution is -2.26. The van der Waals surface area contributed by atoms with Crippen LogP contribution in [0, 0.1) is 0 Å². The Balaban J connectivity index is 2.56. The number of amides is 1. The first kappa shape index (κ1) is 13.5. The van der Waals surface area contributed by atoms with Gasteiger partial charge >= 0.3 is 5.97 Å². The molecule has 0 bridgehead atoms. The van der Waals surface area contributed by atoms with E-state index in [1.807, 2.05) is 12.3 Å². The molecule has 0 atom stereocenters. The monoisotopic (exact) mass is 255 g/mol. The number of aliphatic carboxylic acids is 1. The quantitative estimate of drug-likeness (QED) is 0.749. The molecular formula is C11H13NO4S. The highest BCUT2D eigenvalue weighted by atomic mass is 32.2. The van der Waals surface area contributed by atoms with Crippen LogP contribution in [0.15, 0.2) is 24.3 Å². The summed E-state index contributed by atoms with van der Waals surface area (Å²) >= 11 is 1.66. The number of carboxylic acids is 1. The van der Waals surface area contributed by atoms with Gasteiger partial charge in [0, 0.05) is 11.3 Å². The molecule has 1 aromatic carbocycles. The Kier molecular flexibility index (Phi) is 5.51. The van der Waals surface area contributed by atoms with Crippen molar-refractivity contribution >= 4 is 23.6 Å². The molecule has 0 radical (unpaired) electrons. The maximum atomic E-state index is 11.5. The summed E-state index contributed by atoms with van der Waals surface area (Å²) in [5, 5.41) is 8.33. The molecule has 0 heterocycles. The third-order valence-electron chi connectivity index (χ3n) is 1.86. The summed E-state index contributed by atoms with van der Waals surface area (Å²) in [6.45, 7) is -0.559. The Morgan fingerprint density at radius 1 is 1.47 bits per heavy atom. The first-order chi connectivity index (χ1) is 8.13. The second-order valence-electron chi connectivity index (χ2n) is 3.25. The molecule has 17 heavy (non-hydrogen) atoms. The van der Waals surface area contributed by atoms with E-state index >= 15 is 0 Å². The number of thioether (sulfide) groups is 1.